The van der Waals surface area contributed by atoms with Crippen LogP contribution in [-0.4, -0.2) is 11.0 Å². The van der Waals surface area contributed by atoms with E-state index in [1.807, 2.05) is 30.3 Å². The molecule has 0 amide bonds. The normalized spacial score (nSPS) is 10.4. The Morgan fingerprint density at radius 3 is 2.57 bits per heavy atom. The lowest BCUT2D eigenvalue weighted by Gasteiger charge is -2.13. The van der Waals surface area contributed by atoms with Gasteiger partial charge in [-0.25, -0.2) is 0 Å². The standard InChI is InChI=1S/C17H19NO3/c1-3-4-10-14-16(21-12(2)19)15(11-18-17(14)20)13-8-6-5-7-9-13/h5-9,11H,3-4,10H2,1-2H3,(H,18,20). The summed E-state index contributed by atoms with van der Waals surface area (Å²) in [7, 11) is 0. The molecule has 1 heterocycles. The van der Waals surface area contributed by atoms with Crippen LogP contribution in [-0.2, 0) is 11.2 Å². The zero-order valence-corrected chi connectivity index (χ0v) is 12.3. The summed E-state index contributed by atoms with van der Waals surface area (Å²) in [4.78, 5) is 26.2. The first-order valence-corrected chi connectivity index (χ1v) is 7.12. The molecule has 0 saturated heterocycles. The van der Waals surface area contributed by atoms with Crippen molar-refractivity contribution in [2.45, 2.75) is 33.1 Å². The van der Waals surface area contributed by atoms with Crippen molar-refractivity contribution >= 4 is 5.97 Å². The Balaban J connectivity index is 2.59. The number of pyridine rings is 1. The van der Waals surface area contributed by atoms with Crippen LogP contribution in [0.25, 0.3) is 11.1 Å². The first-order chi connectivity index (χ1) is 10.1. The van der Waals surface area contributed by atoms with Crippen LogP contribution in [0.4, 0.5) is 0 Å². The van der Waals surface area contributed by atoms with E-state index in [-0.39, 0.29) is 5.56 Å². The number of hydrogen-bond acceptors (Lipinski definition) is 3. The van der Waals surface area contributed by atoms with Gasteiger partial charge in [0, 0.05) is 18.7 Å². The summed E-state index contributed by atoms with van der Waals surface area (Å²) in [5.74, 6) is -0.0403. The van der Waals surface area contributed by atoms with E-state index in [1.165, 1.54) is 6.92 Å². The van der Waals surface area contributed by atoms with Crippen LogP contribution in [0.1, 0.15) is 32.3 Å². The summed E-state index contributed by atoms with van der Waals surface area (Å²) >= 11 is 0. The average Bonchev–Trinajstić information content (AvgIpc) is 2.47. The second-order valence-electron chi connectivity index (χ2n) is 4.90. The third-order valence-corrected chi connectivity index (χ3v) is 3.25. The van der Waals surface area contributed by atoms with Gasteiger partial charge in [-0.05, 0) is 18.4 Å². The molecule has 0 aliphatic carbocycles. The summed E-state index contributed by atoms with van der Waals surface area (Å²) in [5, 5.41) is 0. The molecule has 0 fully saturated rings. The van der Waals surface area contributed by atoms with Crippen LogP contribution in [0.3, 0.4) is 0 Å². The van der Waals surface area contributed by atoms with Gasteiger partial charge >= 0.3 is 5.97 Å². The molecular weight excluding hydrogens is 266 g/mol. The van der Waals surface area contributed by atoms with Crippen LogP contribution in [0.5, 0.6) is 5.75 Å². The Bertz CT molecular complexity index is 674. The number of benzene rings is 1. The van der Waals surface area contributed by atoms with E-state index in [2.05, 4.69) is 11.9 Å². The second kappa shape index (κ2) is 6.88. The van der Waals surface area contributed by atoms with E-state index in [1.54, 1.807) is 6.20 Å². The van der Waals surface area contributed by atoms with Crippen molar-refractivity contribution in [2.75, 3.05) is 0 Å². The van der Waals surface area contributed by atoms with E-state index in [4.69, 9.17) is 4.74 Å². The number of esters is 1. The minimum atomic E-state index is -0.421. The molecule has 0 bridgehead atoms. The molecule has 0 radical (unpaired) electrons. The van der Waals surface area contributed by atoms with Crippen molar-refractivity contribution < 1.29 is 9.53 Å². The highest BCUT2D eigenvalue weighted by molar-refractivity contribution is 5.77. The van der Waals surface area contributed by atoms with Gasteiger partial charge in [-0.3, -0.25) is 9.59 Å². The molecular formula is C17H19NO3. The summed E-state index contributed by atoms with van der Waals surface area (Å²) in [5.41, 5.74) is 1.98. The van der Waals surface area contributed by atoms with Crippen molar-refractivity contribution in [3.8, 4) is 16.9 Å². The lowest BCUT2D eigenvalue weighted by Crippen LogP contribution is -2.17. The number of hydrogen-bond donors (Lipinski definition) is 1. The van der Waals surface area contributed by atoms with Gasteiger partial charge in [-0.15, -0.1) is 0 Å². The monoisotopic (exact) mass is 285 g/mol. The largest absolute Gasteiger partial charge is 0.425 e. The topological polar surface area (TPSA) is 59.2 Å². The number of unbranched alkanes of at least 4 members (excludes halogenated alkanes) is 1. The first-order valence-electron chi connectivity index (χ1n) is 7.12. The summed E-state index contributed by atoms with van der Waals surface area (Å²) in [6.07, 6.45) is 4.03. The van der Waals surface area contributed by atoms with Gasteiger partial charge in [0.25, 0.3) is 5.56 Å². The summed E-state index contributed by atoms with van der Waals surface area (Å²) in [6, 6.07) is 9.57. The van der Waals surface area contributed by atoms with E-state index >= 15 is 0 Å². The molecule has 4 heteroatoms. The van der Waals surface area contributed by atoms with E-state index in [0.29, 0.717) is 17.7 Å². The molecule has 0 saturated carbocycles. The van der Waals surface area contributed by atoms with Crippen molar-refractivity contribution in [3.63, 3.8) is 0 Å². The van der Waals surface area contributed by atoms with Gasteiger partial charge in [0.2, 0.25) is 0 Å². The molecule has 1 N–H and O–H groups in total. The zero-order valence-electron chi connectivity index (χ0n) is 12.3. The lowest BCUT2D eigenvalue weighted by molar-refractivity contribution is -0.131. The van der Waals surface area contributed by atoms with Gasteiger partial charge in [-0.1, -0.05) is 43.7 Å². The fourth-order valence-electron chi connectivity index (χ4n) is 2.23. The van der Waals surface area contributed by atoms with Gasteiger partial charge in [-0.2, -0.15) is 0 Å². The minimum Gasteiger partial charge on any atom is -0.425 e. The molecule has 110 valence electrons. The Hall–Kier alpha value is -2.36. The highest BCUT2D eigenvalue weighted by Crippen LogP contribution is 2.31. The number of rotatable bonds is 5. The number of ether oxygens (including phenoxy) is 1. The first kappa shape index (κ1) is 15.0. The number of aromatic amines is 1. The Morgan fingerprint density at radius 1 is 1.24 bits per heavy atom. The van der Waals surface area contributed by atoms with Gasteiger partial charge in [0.15, 0.2) is 0 Å². The number of carbonyl (C=O) groups excluding carboxylic acids is 1. The molecule has 2 rings (SSSR count). The second-order valence-corrected chi connectivity index (χ2v) is 4.90. The lowest BCUT2D eigenvalue weighted by atomic mass is 10.0. The van der Waals surface area contributed by atoms with E-state index < -0.39 is 5.97 Å². The quantitative estimate of drug-likeness (QED) is 0.857. The molecule has 2 aromatic rings. The maximum Gasteiger partial charge on any atom is 0.308 e. The van der Waals surface area contributed by atoms with Crippen LogP contribution in [0.2, 0.25) is 0 Å². The van der Waals surface area contributed by atoms with Crippen molar-refractivity contribution in [2.24, 2.45) is 0 Å². The molecule has 0 unspecified atom stereocenters. The summed E-state index contributed by atoms with van der Waals surface area (Å²) in [6.45, 7) is 3.40. The van der Waals surface area contributed by atoms with E-state index in [9.17, 15) is 9.59 Å². The van der Waals surface area contributed by atoms with E-state index in [0.717, 1.165) is 24.0 Å². The summed E-state index contributed by atoms with van der Waals surface area (Å²) < 4.78 is 5.35. The maximum atomic E-state index is 12.1. The molecule has 1 aromatic heterocycles. The van der Waals surface area contributed by atoms with Gasteiger partial charge in [0.1, 0.15) is 5.75 Å². The molecule has 1 aromatic carbocycles. The van der Waals surface area contributed by atoms with Crippen molar-refractivity contribution in [3.05, 3.63) is 52.4 Å². The SMILES string of the molecule is CCCCc1c(OC(C)=O)c(-c2ccccc2)c[nH]c1=O. The van der Waals surface area contributed by atoms with Gasteiger partial charge in [0.05, 0.1) is 5.56 Å². The highest BCUT2D eigenvalue weighted by Gasteiger charge is 2.16. The Kier molecular flexibility index (Phi) is 4.93. The van der Waals surface area contributed by atoms with Crippen LogP contribution in [0.15, 0.2) is 41.3 Å². The van der Waals surface area contributed by atoms with Crippen LogP contribution >= 0.6 is 0 Å². The van der Waals surface area contributed by atoms with Crippen LogP contribution in [0, 0.1) is 0 Å². The number of aromatic nitrogens is 1. The molecule has 0 aliphatic heterocycles. The van der Waals surface area contributed by atoms with Crippen molar-refractivity contribution in [1.29, 1.82) is 0 Å². The van der Waals surface area contributed by atoms with Gasteiger partial charge < -0.3 is 9.72 Å². The molecule has 21 heavy (non-hydrogen) atoms. The Labute approximate surface area is 123 Å². The molecule has 0 aliphatic rings. The predicted octanol–water partition coefficient (Wildman–Crippen LogP) is 3.31. The third-order valence-electron chi connectivity index (χ3n) is 3.25. The van der Waals surface area contributed by atoms with Crippen LogP contribution < -0.4 is 10.3 Å². The number of nitrogens with one attached hydrogen (secondary N) is 1. The Morgan fingerprint density at radius 2 is 1.95 bits per heavy atom. The average molecular weight is 285 g/mol. The molecule has 0 atom stereocenters. The fraction of sp³-hybridized carbons (Fsp3) is 0.294. The minimum absolute atomic E-state index is 0.195. The molecule has 4 nitrogen and oxygen atoms in total. The fourth-order valence-corrected chi connectivity index (χ4v) is 2.23. The smallest absolute Gasteiger partial charge is 0.308 e. The maximum absolute atomic E-state index is 12.1. The predicted molar refractivity (Wildman–Crippen MR) is 82.4 cm³/mol. The number of carbonyl (C=O) groups is 1. The van der Waals surface area contributed by atoms with Crippen molar-refractivity contribution in [1.82, 2.24) is 4.98 Å². The third kappa shape index (κ3) is 3.60. The number of H-pyrrole nitrogens is 1. The highest BCUT2D eigenvalue weighted by atomic mass is 16.5. The molecule has 0 spiro atoms. The zero-order chi connectivity index (χ0) is 15.2.